The van der Waals surface area contributed by atoms with Crippen molar-refractivity contribution in [2.24, 2.45) is 11.7 Å². The van der Waals surface area contributed by atoms with Crippen LogP contribution in [0.1, 0.15) is 48.2 Å². The second-order valence-electron chi connectivity index (χ2n) is 8.22. The van der Waals surface area contributed by atoms with E-state index in [-0.39, 0.29) is 12.0 Å². The molecule has 156 valence electrons. The van der Waals surface area contributed by atoms with Crippen molar-refractivity contribution < 1.29 is 9.53 Å². The standard InChI is InChI=1S/C24H31BrN2O2/c1-17(2)29-22-6-7-23(25)21(16-22)15-19-9-12-27(13-10-19)11-8-18-4-3-5-20(14-18)24(26)28/h3-7,14,16-17,19H,8-13,15H2,1-2H3,(H2,26,28). The Labute approximate surface area is 182 Å². The molecule has 5 heteroatoms. The van der Waals surface area contributed by atoms with Crippen molar-refractivity contribution in [1.82, 2.24) is 4.90 Å². The summed E-state index contributed by atoms with van der Waals surface area (Å²) in [5, 5.41) is 0. The highest BCUT2D eigenvalue weighted by atomic mass is 79.9. The van der Waals surface area contributed by atoms with Gasteiger partial charge in [0, 0.05) is 16.6 Å². The summed E-state index contributed by atoms with van der Waals surface area (Å²) < 4.78 is 7.03. The molecule has 0 saturated carbocycles. The maximum absolute atomic E-state index is 11.3. The monoisotopic (exact) mass is 458 g/mol. The average Bonchev–Trinajstić information content (AvgIpc) is 2.70. The average molecular weight is 459 g/mol. The number of hydrogen-bond donors (Lipinski definition) is 1. The van der Waals surface area contributed by atoms with Gasteiger partial charge in [-0.3, -0.25) is 4.79 Å². The molecule has 1 amide bonds. The van der Waals surface area contributed by atoms with Crippen LogP contribution in [-0.2, 0) is 12.8 Å². The van der Waals surface area contributed by atoms with E-state index in [1.807, 2.05) is 18.2 Å². The summed E-state index contributed by atoms with van der Waals surface area (Å²) in [4.78, 5) is 13.9. The predicted octanol–water partition coefficient (Wildman–Crippen LogP) is 4.83. The first-order chi connectivity index (χ1) is 13.9. The molecule has 2 aromatic rings. The smallest absolute Gasteiger partial charge is 0.248 e. The molecule has 1 fully saturated rings. The molecule has 29 heavy (non-hydrogen) atoms. The Morgan fingerprint density at radius 1 is 1.21 bits per heavy atom. The minimum atomic E-state index is -0.360. The van der Waals surface area contributed by atoms with E-state index in [9.17, 15) is 4.79 Å². The predicted molar refractivity (Wildman–Crippen MR) is 121 cm³/mol. The number of piperidine rings is 1. The maximum atomic E-state index is 11.3. The van der Waals surface area contributed by atoms with Gasteiger partial charge in [-0.2, -0.15) is 0 Å². The second kappa shape index (κ2) is 10.3. The highest BCUT2D eigenvalue weighted by Gasteiger charge is 2.20. The normalized spacial score (nSPS) is 15.6. The van der Waals surface area contributed by atoms with Crippen LogP contribution in [0.15, 0.2) is 46.9 Å². The topological polar surface area (TPSA) is 55.6 Å². The maximum Gasteiger partial charge on any atom is 0.248 e. The van der Waals surface area contributed by atoms with Gasteiger partial charge in [-0.05, 0) is 100.0 Å². The van der Waals surface area contributed by atoms with Crippen molar-refractivity contribution in [2.75, 3.05) is 19.6 Å². The van der Waals surface area contributed by atoms with E-state index in [4.69, 9.17) is 10.5 Å². The van der Waals surface area contributed by atoms with Crippen molar-refractivity contribution in [3.8, 4) is 5.75 Å². The summed E-state index contributed by atoms with van der Waals surface area (Å²) in [5.41, 5.74) is 8.49. The van der Waals surface area contributed by atoms with E-state index in [0.29, 0.717) is 11.5 Å². The van der Waals surface area contributed by atoms with Crippen LogP contribution in [0.5, 0.6) is 5.75 Å². The summed E-state index contributed by atoms with van der Waals surface area (Å²) in [6.07, 6.45) is 4.65. The summed E-state index contributed by atoms with van der Waals surface area (Å²) in [7, 11) is 0. The SMILES string of the molecule is CC(C)Oc1ccc(Br)c(CC2CCN(CCc3cccc(C(N)=O)c3)CC2)c1. The van der Waals surface area contributed by atoms with E-state index in [2.05, 4.69) is 52.9 Å². The first-order valence-corrected chi connectivity index (χ1v) is 11.3. The van der Waals surface area contributed by atoms with Crippen molar-refractivity contribution in [2.45, 2.75) is 45.6 Å². The largest absolute Gasteiger partial charge is 0.491 e. The van der Waals surface area contributed by atoms with E-state index >= 15 is 0 Å². The number of nitrogens with two attached hydrogens (primary N) is 1. The number of halogens is 1. The molecule has 0 aromatic heterocycles. The third-order valence-electron chi connectivity index (χ3n) is 5.53. The Morgan fingerprint density at radius 3 is 2.66 bits per heavy atom. The summed E-state index contributed by atoms with van der Waals surface area (Å²) in [6.45, 7) is 7.39. The number of carbonyl (C=O) groups excluding carboxylic acids is 1. The number of primary amides is 1. The first kappa shape index (κ1) is 21.8. The zero-order valence-corrected chi connectivity index (χ0v) is 19.0. The van der Waals surface area contributed by atoms with Gasteiger partial charge in [0.25, 0.3) is 0 Å². The Hall–Kier alpha value is -1.85. The van der Waals surface area contributed by atoms with Gasteiger partial charge in [-0.15, -0.1) is 0 Å². The number of benzene rings is 2. The van der Waals surface area contributed by atoms with Crippen molar-refractivity contribution >= 4 is 21.8 Å². The molecule has 0 bridgehead atoms. The molecule has 2 aromatic carbocycles. The number of ether oxygens (including phenoxy) is 1. The van der Waals surface area contributed by atoms with E-state index in [0.717, 1.165) is 38.2 Å². The molecule has 1 aliphatic rings. The first-order valence-electron chi connectivity index (χ1n) is 10.5. The summed E-state index contributed by atoms with van der Waals surface area (Å²) in [5.74, 6) is 1.30. The van der Waals surface area contributed by atoms with Crippen LogP contribution >= 0.6 is 15.9 Å². The third-order valence-corrected chi connectivity index (χ3v) is 6.31. The number of hydrogen-bond acceptors (Lipinski definition) is 3. The molecule has 1 saturated heterocycles. The zero-order valence-electron chi connectivity index (χ0n) is 17.4. The quantitative estimate of drug-likeness (QED) is 0.615. The molecule has 0 unspecified atom stereocenters. The third kappa shape index (κ3) is 6.58. The fourth-order valence-electron chi connectivity index (χ4n) is 3.95. The minimum Gasteiger partial charge on any atom is -0.491 e. The highest BCUT2D eigenvalue weighted by Crippen LogP contribution is 2.29. The van der Waals surface area contributed by atoms with E-state index < -0.39 is 0 Å². The van der Waals surface area contributed by atoms with E-state index in [1.54, 1.807) is 6.07 Å². The van der Waals surface area contributed by atoms with Crippen LogP contribution in [0.25, 0.3) is 0 Å². The van der Waals surface area contributed by atoms with Crippen LogP contribution < -0.4 is 10.5 Å². The van der Waals surface area contributed by atoms with Crippen LogP contribution in [0.4, 0.5) is 0 Å². The number of carbonyl (C=O) groups is 1. The lowest BCUT2D eigenvalue weighted by atomic mass is 9.90. The lowest BCUT2D eigenvalue weighted by molar-refractivity contribution is 0.1000. The summed E-state index contributed by atoms with van der Waals surface area (Å²) in [6, 6.07) is 14.0. The van der Waals surface area contributed by atoms with Crippen molar-refractivity contribution in [3.05, 3.63) is 63.6 Å². The van der Waals surface area contributed by atoms with Gasteiger partial charge < -0.3 is 15.4 Å². The van der Waals surface area contributed by atoms with Crippen molar-refractivity contribution in [3.63, 3.8) is 0 Å². The molecule has 0 atom stereocenters. The van der Waals surface area contributed by atoms with Gasteiger partial charge >= 0.3 is 0 Å². The van der Waals surface area contributed by atoms with Gasteiger partial charge in [0.15, 0.2) is 0 Å². The molecular weight excluding hydrogens is 428 g/mol. The second-order valence-corrected chi connectivity index (χ2v) is 9.08. The van der Waals surface area contributed by atoms with Crippen LogP contribution in [0.2, 0.25) is 0 Å². The fourth-order valence-corrected chi connectivity index (χ4v) is 4.35. The van der Waals surface area contributed by atoms with Gasteiger partial charge in [-0.25, -0.2) is 0 Å². The van der Waals surface area contributed by atoms with Crippen LogP contribution in [0, 0.1) is 5.92 Å². The lowest BCUT2D eigenvalue weighted by Crippen LogP contribution is -2.35. The van der Waals surface area contributed by atoms with Gasteiger partial charge in [-0.1, -0.05) is 28.1 Å². The highest BCUT2D eigenvalue weighted by molar-refractivity contribution is 9.10. The summed E-state index contributed by atoms with van der Waals surface area (Å²) >= 11 is 3.70. The van der Waals surface area contributed by atoms with Gasteiger partial charge in [0.2, 0.25) is 5.91 Å². The van der Waals surface area contributed by atoms with Crippen molar-refractivity contribution in [1.29, 1.82) is 0 Å². The van der Waals surface area contributed by atoms with Crippen LogP contribution in [0.3, 0.4) is 0 Å². The Kier molecular flexibility index (Phi) is 7.73. The zero-order chi connectivity index (χ0) is 20.8. The lowest BCUT2D eigenvalue weighted by Gasteiger charge is -2.32. The van der Waals surface area contributed by atoms with Gasteiger partial charge in [0.05, 0.1) is 6.10 Å². The Balaban J connectivity index is 1.48. The molecule has 1 heterocycles. The molecular formula is C24H31BrN2O2. The molecule has 0 radical (unpaired) electrons. The molecule has 3 rings (SSSR count). The van der Waals surface area contributed by atoms with Gasteiger partial charge in [0.1, 0.15) is 5.75 Å². The molecule has 2 N–H and O–H groups in total. The molecule has 1 aliphatic heterocycles. The molecule has 4 nitrogen and oxygen atoms in total. The Morgan fingerprint density at radius 2 is 1.97 bits per heavy atom. The van der Waals surface area contributed by atoms with E-state index in [1.165, 1.54) is 28.4 Å². The van der Waals surface area contributed by atoms with Crippen LogP contribution in [-0.4, -0.2) is 36.5 Å². The minimum absolute atomic E-state index is 0.191. The molecule has 0 aliphatic carbocycles. The number of nitrogens with zero attached hydrogens (tertiary/aromatic N) is 1. The fraction of sp³-hybridized carbons (Fsp3) is 0.458. The Bertz CT molecular complexity index is 829. The number of rotatable bonds is 8. The molecule has 0 spiro atoms. The number of amides is 1. The number of likely N-dealkylation sites (tertiary alicyclic amines) is 1.